The van der Waals surface area contributed by atoms with Gasteiger partial charge in [-0.25, -0.2) is 14.8 Å². The number of imidazole rings is 1. The Morgan fingerprint density at radius 3 is 2.65 bits per heavy atom. The summed E-state index contributed by atoms with van der Waals surface area (Å²) in [5, 5.41) is 9.46. The van der Waals surface area contributed by atoms with E-state index >= 15 is 0 Å². The Hall–Kier alpha value is -2.61. The quantitative estimate of drug-likeness (QED) is 0.770. The van der Waals surface area contributed by atoms with Crippen LogP contribution in [0.2, 0.25) is 5.02 Å². The fourth-order valence-electron chi connectivity index (χ4n) is 2.15. The lowest BCUT2D eigenvalue weighted by molar-refractivity contribution is -0.141. The van der Waals surface area contributed by atoms with E-state index in [1.165, 1.54) is 10.6 Å². The van der Waals surface area contributed by atoms with Crippen molar-refractivity contribution in [3.63, 3.8) is 0 Å². The highest BCUT2D eigenvalue weighted by Crippen LogP contribution is 2.32. The zero-order valence-corrected chi connectivity index (χ0v) is 11.9. The van der Waals surface area contributed by atoms with Gasteiger partial charge < -0.3 is 5.11 Å². The molecular weight excluding hydrogens is 335 g/mol. The summed E-state index contributed by atoms with van der Waals surface area (Å²) < 4.78 is 40.0. The molecule has 0 amide bonds. The average molecular weight is 342 g/mol. The van der Waals surface area contributed by atoms with Crippen LogP contribution >= 0.6 is 11.6 Å². The van der Waals surface area contributed by atoms with Crippen molar-refractivity contribution in [3.8, 4) is 11.3 Å². The molecule has 0 aliphatic carbocycles. The van der Waals surface area contributed by atoms with Gasteiger partial charge in [0.1, 0.15) is 5.56 Å². The zero-order chi connectivity index (χ0) is 16.8. The Bertz CT molecular complexity index is 921. The molecule has 1 N–H and O–H groups in total. The van der Waals surface area contributed by atoms with Gasteiger partial charge in [-0.05, 0) is 12.1 Å². The summed E-state index contributed by atoms with van der Waals surface area (Å²) in [6.07, 6.45) is -2.73. The molecule has 0 spiro atoms. The van der Waals surface area contributed by atoms with Crippen LogP contribution in [0.4, 0.5) is 13.2 Å². The highest BCUT2D eigenvalue weighted by atomic mass is 35.5. The van der Waals surface area contributed by atoms with Crippen molar-refractivity contribution in [2.75, 3.05) is 0 Å². The van der Waals surface area contributed by atoms with Gasteiger partial charge in [0.2, 0.25) is 5.78 Å². The van der Waals surface area contributed by atoms with Gasteiger partial charge in [-0.15, -0.1) is 0 Å². The van der Waals surface area contributed by atoms with Crippen LogP contribution in [0, 0.1) is 0 Å². The molecule has 9 heteroatoms. The molecule has 0 unspecified atom stereocenters. The molecule has 118 valence electrons. The number of rotatable bonds is 2. The molecule has 23 heavy (non-hydrogen) atoms. The Labute approximate surface area is 132 Å². The topological polar surface area (TPSA) is 67.5 Å². The Balaban J connectivity index is 2.29. The first-order valence-corrected chi connectivity index (χ1v) is 6.59. The lowest BCUT2D eigenvalue weighted by Crippen LogP contribution is -2.17. The number of nitrogens with zero attached hydrogens (tertiary/aromatic N) is 3. The van der Waals surface area contributed by atoms with Gasteiger partial charge >= 0.3 is 12.1 Å². The van der Waals surface area contributed by atoms with Gasteiger partial charge in [0.25, 0.3) is 0 Å². The van der Waals surface area contributed by atoms with Crippen molar-refractivity contribution in [2.45, 2.75) is 6.18 Å². The van der Waals surface area contributed by atoms with Crippen molar-refractivity contribution < 1.29 is 23.1 Å². The largest absolute Gasteiger partial charge is 0.478 e. The van der Waals surface area contributed by atoms with E-state index in [1.807, 2.05) is 0 Å². The van der Waals surface area contributed by atoms with Crippen LogP contribution in [0.25, 0.3) is 17.0 Å². The number of carboxylic acid groups (broad SMARTS) is 1. The summed E-state index contributed by atoms with van der Waals surface area (Å²) >= 11 is 5.89. The third-order valence-corrected chi connectivity index (χ3v) is 3.36. The molecule has 3 aromatic rings. The third-order valence-electron chi connectivity index (χ3n) is 3.12. The average Bonchev–Trinajstić information content (AvgIpc) is 2.87. The predicted molar refractivity (Wildman–Crippen MR) is 75.4 cm³/mol. The summed E-state index contributed by atoms with van der Waals surface area (Å²) in [5.41, 5.74) is -1.49. The normalized spacial score (nSPS) is 11.8. The number of benzene rings is 1. The van der Waals surface area contributed by atoms with Gasteiger partial charge in [0, 0.05) is 16.8 Å². The second-order valence-corrected chi connectivity index (χ2v) is 5.07. The molecule has 3 rings (SSSR count). The van der Waals surface area contributed by atoms with E-state index in [1.54, 1.807) is 24.3 Å². The number of carbonyl (C=O) groups is 1. The van der Waals surface area contributed by atoms with Crippen molar-refractivity contribution in [1.29, 1.82) is 0 Å². The molecule has 0 aliphatic rings. The first-order valence-electron chi connectivity index (χ1n) is 6.22. The first-order chi connectivity index (χ1) is 10.8. The molecule has 0 saturated carbocycles. The lowest BCUT2D eigenvalue weighted by Gasteiger charge is -2.10. The van der Waals surface area contributed by atoms with E-state index in [0.29, 0.717) is 16.3 Å². The Morgan fingerprint density at radius 1 is 1.30 bits per heavy atom. The maximum absolute atomic E-state index is 12.9. The second kappa shape index (κ2) is 5.24. The second-order valence-electron chi connectivity index (χ2n) is 4.63. The third kappa shape index (κ3) is 2.72. The number of hydrogen-bond donors (Lipinski definition) is 1. The van der Waals surface area contributed by atoms with Crippen LogP contribution in [-0.4, -0.2) is 25.4 Å². The summed E-state index contributed by atoms with van der Waals surface area (Å²) in [6.45, 7) is 0. The van der Waals surface area contributed by atoms with Crippen LogP contribution in [0.3, 0.4) is 0 Å². The fourth-order valence-corrected chi connectivity index (χ4v) is 2.34. The van der Waals surface area contributed by atoms with Crippen molar-refractivity contribution in [1.82, 2.24) is 14.4 Å². The van der Waals surface area contributed by atoms with Crippen LogP contribution in [0.1, 0.15) is 16.1 Å². The number of aromatic nitrogens is 3. The van der Waals surface area contributed by atoms with Crippen LogP contribution < -0.4 is 0 Å². The lowest BCUT2D eigenvalue weighted by atomic mass is 10.1. The molecule has 1 aromatic carbocycles. The highest BCUT2D eigenvalue weighted by molar-refractivity contribution is 6.30. The van der Waals surface area contributed by atoms with E-state index in [4.69, 9.17) is 16.7 Å². The maximum Gasteiger partial charge on any atom is 0.434 e. The molecule has 2 aromatic heterocycles. The molecule has 2 heterocycles. The summed E-state index contributed by atoms with van der Waals surface area (Å²) in [7, 11) is 0. The minimum Gasteiger partial charge on any atom is -0.478 e. The number of aromatic carboxylic acids is 1. The predicted octanol–water partition coefficient (Wildman–Crippen LogP) is 3.77. The van der Waals surface area contributed by atoms with Gasteiger partial charge in [-0.1, -0.05) is 23.7 Å². The van der Waals surface area contributed by atoms with Gasteiger partial charge in [0.05, 0.1) is 11.9 Å². The van der Waals surface area contributed by atoms with E-state index < -0.39 is 23.4 Å². The molecule has 5 nitrogen and oxygen atoms in total. The van der Waals surface area contributed by atoms with Crippen molar-refractivity contribution >= 4 is 23.3 Å². The van der Waals surface area contributed by atoms with Crippen LogP contribution in [0.5, 0.6) is 0 Å². The van der Waals surface area contributed by atoms with E-state index in [2.05, 4.69) is 9.97 Å². The smallest absolute Gasteiger partial charge is 0.434 e. The standard InChI is InChI=1S/C14H7ClF3N3O2/c15-8-3-1-2-7(4-8)10-5-19-13-20-11(14(16,17)18)9(12(22)23)6-21(10)13/h1-6H,(H,22,23). The fraction of sp³-hybridized carbons (Fsp3) is 0.0714. The van der Waals surface area contributed by atoms with E-state index in [0.717, 1.165) is 6.20 Å². The van der Waals surface area contributed by atoms with E-state index in [-0.39, 0.29) is 5.78 Å². The summed E-state index contributed by atoms with van der Waals surface area (Å²) in [5.74, 6) is -1.98. The number of carboxylic acids is 1. The number of hydrogen-bond acceptors (Lipinski definition) is 3. The monoisotopic (exact) mass is 341 g/mol. The number of fused-ring (bicyclic) bond motifs is 1. The molecule has 0 saturated heterocycles. The van der Waals surface area contributed by atoms with Gasteiger partial charge in [0.15, 0.2) is 5.69 Å². The van der Waals surface area contributed by atoms with Crippen LogP contribution in [0.15, 0.2) is 36.7 Å². The van der Waals surface area contributed by atoms with Crippen molar-refractivity contribution in [3.05, 3.63) is 52.9 Å². The minimum absolute atomic E-state index is 0.252. The molecule has 0 radical (unpaired) electrons. The van der Waals surface area contributed by atoms with E-state index in [9.17, 15) is 18.0 Å². The Kier molecular flexibility index (Phi) is 3.48. The highest BCUT2D eigenvalue weighted by Gasteiger charge is 2.38. The SMILES string of the molecule is O=C(O)c1cn2c(-c3cccc(Cl)c3)cnc2nc1C(F)(F)F. The van der Waals surface area contributed by atoms with Gasteiger partial charge in [-0.2, -0.15) is 13.2 Å². The Morgan fingerprint density at radius 2 is 2.04 bits per heavy atom. The minimum atomic E-state index is -4.89. The molecule has 0 fully saturated rings. The maximum atomic E-state index is 12.9. The van der Waals surface area contributed by atoms with Crippen molar-refractivity contribution in [2.24, 2.45) is 0 Å². The molecular formula is C14H7ClF3N3O2. The summed E-state index contributed by atoms with van der Waals surface area (Å²) in [4.78, 5) is 18.3. The van der Waals surface area contributed by atoms with Gasteiger partial charge in [-0.3, -0.25) is 4.40 Å². The molecule has 0 atom stereocenters. The molecule has 0 aliphatic heterocycles. The zero-order valence-electron chi connectivity index (χ0n) is 11.2. The first kappa shape index (κ1) is 15.3. The van der Waals surface area contributed by atoms with Crippen LogP contribution in [-0.2, 0) is 6.18 Å². The molecule has 0 bridgehead atoms. The summed E-state index contributed by atoms with van der Waals surface area (Å²) in [6, 6.07) is 6.56. The number of halogens is 4. The number of alkyl halides is 3.